The maximum atomic E-state index is 6.10. The molecule has 2 heterocycles. The Morgan fingerprint density at radius 2 is 2.20 bits per heavy atom. The largest absolute Gasteiger partial charge is 0.419 e. The third-order valence-corrected chi connectivity index (χ3v) is 3.57. The molecule has 1 saturated heterocycles. The van der Waals surface area contributed by atoms with E-state index in [9.17, 15) is 0 Å². The highest BCUT2D eigenvalue weighted by atomic mass is 35.5. The average molecular weight is 294 g/mol. The molecule has 3 rings (SSSR count). The van der Waals surface area contributed by atoms with Gasteiger partial charge in [-0.2, -0.15) is 0 Å². The second kappa shape index (κ2) is 6.35. The average Bonchev–Trinajstić information content (AvgIpc) is 3.11. The highest BCUT2D eigenvalue weighted by molar-refractivity contribution is 6.33. The zero-order chi connectivity index (χ0) is 13.8. The van der Waals surface area contributed by atoms with Crippen molar-refractivity contribution in [2.75, 3.05) is 13.2 Å². The van der Waals surface area contributed by atoms with Gasteiger partial charge in [0.1, 0.15) is 0 Å². The summed E-state index contributed by atoms with van der Waals surface area (Å²) in [7, 11) is 0. The van der Waals surface area contributed by atoms with Crippen molar-refractivity contribution in [1.29, 1.82) is 0 Å². The number of nitrogens with one attached hydrogen (secondary N) is 1. The van der Waals surface area contributed by atoms with Crippen LogP contribution in [-0.2, 0) is 11.3 Å². The van der Waals surface area contributed by atoms with Crippen LogP contribution in [0.25, 0.3) is 11.5 Å². The van der Waals surface area contributed by atoms with E-state index >= 15 is 0 Å². The van der Waals surface area contributed by atoms with Crippen LogP contribution in [0, 0.1) is 0 Å². The maximum Gasteiger partial charge on any atom is 0.249 e. The second-order valence-corrected chi connectivity index (χ2v) is 5.15. The number of hydrogen-bond acceptors (Lipinski definition) is 5. The molecule has 0 aliphatic carbocycles. The molecule has 2 aromatic rings. The van der Waals surface area contributed by atoms with Crippen LogP contribution in [0.15, 0.2) is 28.7 Å². The van der Waals surface area contributed by atoms with Gasteiger partial charge in [-0.1, -0.05) is 23.7 Å². The molecule has 1 aliphatic rings. The predicted octanol–water partition coefficient (Wildman–Crippen LogP) is 2.66. The van der Waals surface area contributed by atoms with Crippen LogP contribution >= 0.6 is 11.6 Å². The lowest BCUT2D eigenvalue weighted by atomic mass is 10.2. The van der Waals surface area contributed by atoms with Crippen molar-refractivity contribution >= 4 is 11.6 Å². The normalized spacial score (nSPS) is 18.6. The van der Waals surface area contributed by atoms with Gasteiger partial charge in [-0.05, 0) is 25.0 Å². The summed E-state index contributed by atoms with van der Waals surface area (Å²) < 4.78 is 11.1. The van der Waals surface area contributed by atoms with Crippen LogP contribution in [0.2, 0.25) is 5.02 Å². The van der Waals surface area contributed by atoms with Gasteiger partial charge in [0.15, 0.2) is 0 Å². The van der Waals surface area contributed by atoms with E-state index < -0.39 is 0 Å². The molecule has 0 amide bonds. The molecule has 0 saturated carbocycles. The smallest absolute Gasteiger partial charge is 0.249 e. The van der Waals surface area contributed by atoms with Gasteiger partial charge < -0.3 is 14.5 Å². The van der Waals surface area contributed by atoms with Gasteiger partial charge in [-0.3, -0.25) is 0 Å². The Morgan fingerprint density at radius 1 is 1.30 bits per heavy atom. The molecular weight excluding hydrogens is 278 g/mol. The molecule has 1 N–H and O–H groups in total. The van der Waals surface area contributed by atoms with E-state index in [-0.39, 0.29) is 0 Å². The number of aromatic nitrogens is 2. The van der Waals surface area contributed by atoms with Crippen molar-refractivity contribution in [2.45, 2.75) is 25.5 Å². The van der Waals surface area contributed by atoms with Gasteiger partial charge in [0, 0.05) is 13.2 Å². The summed E-state index contributed by atoms with van der Waals surface area (Å²) in [6.07, 6.45) is 2.56. The van der Waals surface area contributed by atoms with Crippen LogP contribution in [0.3, 0.4) is 0 Å². The standard InChI is InChI=1S/C14H16ClN3O2/c15-12-6-2-1-5-11(12)14-18-17-13(20-14)9-16-8-10-4-3-7-19-10/h1-2,5-6,10,16H,3-4,7-9H2. The molecule has 0 bridgehead atoms. The van der Waals surface area contributed by atoms with E-state index in [0.717, 1.165) is 31.6 Å². The third-order valence-electron chi connectivity index (χ3n) is 3.24. The Hall–Kier alpha value is -1.43. The summed E-state index contributed by atoms with van der Waals surface area (Å²) in [5, 5.41) is 11.9. The quantitative estimate of drug-likeness (QED) is 0.918. The molecule has 20 heavy (non-hydrogen) atoms. The van der Waals surface area contributed by atoms with E-state index in [0.29, 0.717) is 29.5 Å². The highest BCUT2D eigenvalue weighted by Gasteiger charge is 2.15. The predicted molar refractivity (Wildman–Crippen MR) is 75.4 cm³/mol. The number of hydrogen-bond donors (Lipinski definition) is 1. The number of halogens is 1. The first-order valence-electron chi connectivity index (χ1n) is 6.72. The lowest BCUT2D eigenvalue weighted by Crippen LogP contribution is -2.25. The van der Waals surface area contributed by atoms with Crippen molar-refractivity contribution in [2.24, 2.45) is 0 Å². The molecule has 106 valence electrons. The van der Waals surface area contributed by atoms with E-state index in [4.69, 9.17) is 20.8 Å². The summed E-state index contributed by atoms with van der Waals surface area (Å²) in [6, 6.07) is 7.42. The van der Waals surface area contributed by atoms with E-state index in [2.05, 4.69) is 15.5 Å². The first kappa shape index (κ1) is 13.5. The number of ether oxygens (including phenoxy) is 1. The summed E-state index contributed by atoms with van der Waals surface area (Å²) in [5.74, 6) is 1.00. The van der Waals surface area contributed by atoms with Crippen LogP contribution in [-0.4, -0.2) is 29.5 Å². The van der Waals surface area contributed by atoms with Gasteiger partial charge in [-0.15, -0.1) is 10.2 Å². The maximum absolute atomic E-state index is 6.10. The van der Waals surface area contributed by atoms with Gasteiger partial charge in [0.05, 0.1) is 23.2 Å². The summed E-state index contributed by atoms with van der Waals surface area (Å²) in [6.45, 7) is 2.21. The Labute approximate surface area is 122 Å². The Kier molecular flexibility index (Phi) is 4.30. The molecule has 1 aliphatic heterocycles. The minimum Gasteiger partial charge on any atom is -0.419 e. The lowest BCUT2D eigenvalue weighted by Gasteiger charge is -2.08. The fourth-order valence-electron chi connectivity index (χ4n) is 2.21. The van der Waals surface area contributed by atoms with Gasteiger partial charge in [0.25, 0.3) is 0 Å². The first-order valence-corrected chi connectivity index (χ1v) is 7.10. The van der Waals surface area contributed by atoms with Crippen LogP contribution in [0.4, 0.5) is 0 Å². The van der Waals surface area contributed by atoms with E-state index in [1.807, 2.05) is 18.2 Å². The Balaban J connectivity index is 1.58. The minimum absolute atomic E-state index is 0.306. The zero-order valence-corrected chi connectivity index (χ0v) is 11.8. The monoisotopic (exact) mass is 293 g/mol. The number of rotatable bonds is 5. The molecular formula is C14H16ClN3O2. The van der Waals surface area contributed by atoms with Crippen molar-refractivity contribution in [1.82, 2.24) is 15.5 Å². The molecule has 0 radical (unpaired) electrons. The van der Waals surface area contributed by atoms with Crippen molar-refractivity contribution < 1.29 is 9.15 Å². The summed E-state index contributed by atoms with van der Waals surface area (Å²) in [5.41, 5.74) is 0.757. The minimum atomic E-state index is 0.306. The molecule has 6 heteroatoms. The van der Waals surface area contributed by atoms with Crippen LogP contribution < -0.4 is 5.32 Å². The van der Waals surface area contributed by atoms with Gasteiger partial charge in [0.2, 0.25) is 11.8 Å². The van der Waals surface area contributed by atoms with Gasteiger partial charge in [-0.25, -0.2) is 0 Å². The third kappa shape index (κ3) is 3.17. The van der Waals surface area contributed by atoms with E-state index in [1.165, 1.54) is 0 Å². The fourth-order valence-corrected chi connectivity index (χ4v) is 2.43. The molecule has 1 unspecified atom stereocenters. The van der Waals surface area contributed by atoms with E-state index in [1.54, 1.807) is 6.07 Å². The SMILES string of the molecule is Clc1ccccc1-c1nnc(CNCC2CCCO2)o1. The second-order valence-electron chi connectivity index (χ2n) is 4.75. The fraction of sp³-hybridized carbons (Fsp3) is 0.429. The zero-order valence-electron chi connectivity index (χ0n) is 11.0. The lowest BCUT2D eigenvalue weighted by molar-refractivity contribution is 0.109. The van der Waals surface area contributed by atoms with Crippen LogP contribution in [0.1, 0.15) is 18.7 Å². The number of nitrogens with zero attached hydrogens (tertiary/aromatic N) is 2. The topological polar surface area (TPSA) is 60.2 Å². The van der Waals surface area contributed by atoms with Crippen LogP contribution in [0.5, 0.6) is 0 Å². The van der Waals surface area contributed by atoms with Crippen molar-refractivity contribution in [3.05, 3.63) is 35.2 Å². The molecule has 5 nitrogen and oxygen atoms in total. The number of benzene rings is 1. The van der Waals surface area contributed by atoms with Crippen molar-refractivity contribution in [3.8, 4) is 11.5 Å². The first-order chi connectivity index (χ1) is 9.83. The molecule has 0 spiro atoms. The summed E-state index contributed by atoms with van der Waals surface area (Å²) in [4.78, 5) is 0. The Bertz CT molecular complexity index is 567. The molecule has 1 aromatic heterocycles. The summed E-state index contributed by atoms with van der Waals surface area (Å²) >= 11 is 6.10. The highest BCUT2D eigenvalue weighted by Crippen LogP contribution is 2.26. The van der Waals surface area contributed by atoms with Crippen molar-refractivity contribution in [3.63, 3.8) is 0 Å². The molecule has 1 fully saturated rings. The molecule has 1 atom stereocenters. The van der Waals surface area contributed by atoms with Gasteiger partial charge >= 0.3 is 0 Å². The molecule has 1 aromatic carbocycles. The Morgan fingerprint density at radius 3 is 3.00 bits per heavy atom.